The smallest absolute Gasteiger partial charge is 0.317 e. The van der Waals surface area contributed by atoms with Crippen LogP contribution in [0.4, 0.5) is 13.6 Å². The minimum Gasteiger partial charge on any atom is -0.393 e. The Morgan fingerprint density at radius 1 is 1.43 bits per heavy atom. The summed E-state index contributed by atoms with van der Waals surface area (Å²) in [7, 11) is 1.63. The second-order valence-corrected chi connectivity index (χ2v) is 5.53. The third-order valence-electron chi connectivity index (χ3n) is 3.91. The highest BCUT2D eigenvalue weighted by molar-refractivity contribution is 5.73. The van der Waals surface area contributed by atoms with Gasteiger partial charge in [-0.25, -0.2) is 13.6 Å². The predicted molar refractivity (Wildman–Crippen MR) is 74.6 cm³/mol. The Morgan fingerprint density at radius 2 is 2.19 bits per heavy atom. The lowest BCUT2D eigenvalue weighted by Crippen LogP contribution is -2.41. The number of aliphatic hydroxyl groups excluding tert-OH is 1. The topological polar surface area (TPSA) is 52.6 Å². The number of amides is 2. The van der Waals surface area contributed by atoms with Crippen LogP contribution in [0.5, 0.6) is 0 Å². The number of nitrogens with zero attached hydrogens (tertiary/aromatic N) is 1. The summed E-state index contributed by atoms with van der Waals surface area (Å²) in [5.74, 6) is -1.000. The van der Waals surface area contributed by atoms with E-state index >= 15 is 0 Å². The first-order valence-corrected chi connectivity index (χ1v) is 7.08. The van der Waals surface area contributed by atoms with Gasteiger partial charge in [0.05, 0.1) is 6.10 Å². The first-order valence-electron chi connectivity index (χ1n) is 7.08. The number of benzene rings is 1. The third-order valence-corrected chi connectivity index (χ3v) is 3.91. The summed E-state index contributed by atoms with van der Waals surface area (Å²) in [6, 6.07) is 2.78. The van der Waals surface area contributed by atoms with Crippen molar-refractivity contribution >= 4 is 6.03 Å². The van der Waals surface area contributed by atoms with Crippen molar-refractivity contribution in [2.75, 3.05) is 13.6 Å². The Bertz CT molecular complexity index is 510. The lowest BCUT2D eigenvalue weighted by Gasteiger charge is -2.23. The van der Waals surface area contributed by atoms with Gasteiger partial charge in [-0.05, 0) is 31.0 Å². The molecule has 2 amide bonds. The first-order chi connectivity index (χ1) is 9.97. The average molecular weight is 298 g/mol. The second-order valence-electron chi connectivity index (χ2n) is 5.53. The predicted octanol–water partition coefficient (Wildman–Crippen LogP) is 2.27. The fourth-order valence-electron chi connectivity index (χ4n) is 2.65. The number of hydrogen-bond acceptors (Lipinski definition) is 2. The van der Waals surface area contributed by atoms with Crippen molar-refractivity contribution in [3.05, 3.63) is 35.4 Å². The summed E-state index contributed by atoms with van der Waals surface area (Å²) in [5, 5.41) is 12.3. The van der Waals surface area contributed by atoms with Gasteiger partial charge in [0.2, 0.25) is 0 Å². The van der Waals surface area contributed by atoms with E-state index in [2.05, 4.69) is 5.32 Å². The monoisotopic (exact) mass is 298 g/mol. The van der Waals surface area contributed by atoms with Crippen LogP contribution in [-0.4, -0.2) is 35.7 Å². The Labute approximate surface area is 122 Å². The Hall–Kier alpha value is -1.69. The van der Waals surface area contributed by atoms with E-state index in [1.165, 1.54) is 4.90 Å². The molecule has 0 saturated heterocycles. The molecule has 1 saturated carbocycles. The Kier molecular flexibility index (Phi) is 5.12. The number of hydrogen-bond donors (Lipinski definition) is 2. The molecule has 2 N–H and O–H groups in total. The molecule has 21 heavy (non-hydrogen) atoms. The molecule has 2 rings (SSSR count). The number of aliphatic hydroxyl groups is 1. The summed E-state index contributed by atoms with van der Waals surface area (Å²) < 4.78 is 26.5. The SMILES string of the molecule is CN(CC1CCCC1O)C(=O)NCc1cc(F)ccc1F. The number of carbonyl (C=O) groups excluding carboxylic acids is 1. The van der Waals surface area contributed by atoms with Crippen molar-refractivity contribution < 1.29 is 18.7 Å². The minimum atomic E-state index is -0.550. The van der Waals surface area contributed by atoms with Crippen molar-refractivity contribution in [2.24, 2.45) is 5.92 Å². The molecule has 2 unspecified atom stereocenters. The molecule has 4 nitrogen and oxygen atoms in total. The largest absolute Gasteiger partial charge is 0.393 e. The fraction of sp³-hybridized carbons (Fsp3) is 0.533. The molecule has 0 spiro atoms. The lowest BCUT2D eigenvalue weighted by molar-refractivity contribution is 0.114. The molecule has 1 aliphatic rings. The second kappa shape index (κ2) is 6.85. The highest BCUT2D eigenvalue weighted by atomic mass is 19.1. The zero-order chi connectivity index (χ0) is 15.4. The molecule has 6 heteroatoms. The van der Waals surface area contributed by atoms with Crippen LogP contribution in [0, 0.1) is 17.6 Å². The van der Waals surface area contributed by atoms with Crippen LogP contribution in [0.3, 0.4) is 0 Å². The van der Waals surface area contributed by atoms with Gasteiger partial charge in [-0.15, -0.1) is 0 Å². The zero-order valence-corrected chi connectivity index (χ0v) is 12.0. The van der Waals surface area contributed by atoms with Crippen LogP contribution in [0.15, 0.2) is 18.2 Å². The average Bonchev–Trinajstić information content (AvgIpc) is 2.85. The molecular weight excluding hydrogens is 278 g/mol. The van der Waals surface area contributed by atoms with Gasteiger partial charge in [0.15, 0.2) is 0 Å². The molecule has 116 valence electrons. The van der Waals surface area contributed by atoms with E-state index in [1.807, 2.05) is 0 Å². The molecule has 0 radical (unpaired) electrons. The van der Waals surface area contributed by atoms with Gasteiger partial charge >= 0.3 is 6.03 Å². The van der Waals surface area contributed by atoms with Gasteiger partial charge in [-0.3, -0.25) is 0 Å². The van der Waals surface area contributed by atoms with Crippen LogP contribution in [0.1, 0.15) is 24.8 Å². The van der Waals surface area contributed by atoms with Crippen LogP contribution in [-0.2, 0) is 6.54 Å². The van der Waals surface area contributed by atoms with Gasteiger partial charge < -0.3 is 15.3 Å². The maximum atomic E-state index is 13.4. The number of urea groups is 1. The van der Waals surface area contributed by atoms with Gasteiger partial charge in [0.1, 0.15) is 11.6 Å². The molecule has 0 aromatic heterocycles. The van der Waals surface area contributed by atoms with Crippen LogP contribution in [0.2, 0.25) is 0 Å². The van der Waals surface area contributed by atoms with Gasteiger partial charge in [0.25, 0.3) is 0 Å². The summed E-state index contributed by atoms with van der Waals surface area (Å²) >= 11 is 0. The van der Waals surface area contributed by atoms with Crippen LogP contribution >= 0.6 is 0 Å². The standard InChI is InChI=1S/C15H20F2N2O2/c1-19(9-10-3-2-4-14(10)20)15(21)18-8-11-7-12(16)5-6-13(11)17/h5-7,10,14,20H,2-4,8-9H2,1H3,(H,18,21). The zero-order valence-electron chi connectivity index (χ0n) is 12.0. The third kappa shape index (κ3) is 4.14. The first kappa shape index (κ1) is 15.7. The van der Waals surface area contributed by atoms with Crippen molar-refractivity contribution in [3.8, 4) is 0 Å². The van der Waals surface area contributed by atoms with Crippen LogP contribution < -0.4 is 5.32 Å². The van der Waals surface area contributed by atoms with E-state index in [4.69, 9.17) is 0 Å². The highest BCUT2D eigenvalue weighted by Crippen LogP contribution is 2.25. The van der Waals surface area contributed by atoms with E-state index in [0.717, 1.165) is 37.5 Å². The van der Waals surface area contributed by atoms with E-state index in [1.54, 1.807) is 7.05 Å². The fourth-order valence-corrected chi connectivity index (χ4v) is 2.65. The highest BCUT2D eigenvalue weighted by Gasteiger charge is 2.27. The minimum absolute atomic E-state index is 0.0695. The number of carbonyl (C=O) groups is 1. The van der Waals surface area contributed by atoms with Gasteiger partial charge in [0, 0.05) is 31.6 Å². The molecule has 1 aliphatic carbocycles. The van der Waals surface area contributed by atoms with Gasteiger partial charge in [-0.1, -0.05) is 6.42 Å². The van der Waals surface area contributed by atoms with E-state index in [9.17, 15) is 18.7 Å². The summed E-state index contributed by atoms with van der Waals surface area (Å²) in [6.45, 7) is 0.388. The molecular formula is C15H20F2N2O2. The lowest BCUT2D eigenvalue weighted by atomic mass is 10.1. The maximum Gasteiger partial charge on any atom is 0.317 e. The number of halogens is 2. The number of rotatable bonds is 4. The van der Waals surface area contributed by atoms with E-state index in [-0.39, 0.29) is 30.2 Å². The Balaban J connectivity index is 1.84. The van der Waals surface area contributed by atoms with Crippen molar-refractivity contribution in [3.63, 3.8) is 0 Å². The van der Waals surface area contributed by atoms with Crippen molar-refractivity contribution in [1.29, 1.82) is 0 Å². The molecule has 0 aliphatic heterocycles. The van der Waals surface area contributed by atoms with Gasteiger partial charge in [-0.2, -0.15) is 0 Å². The molecule has 1 aromatic rings. The van der Waals surface area contributed by atoms with Crippen molar-refractivity contribution in [2.45, 2.75) is 31.9 Å². The van der Waals surface area contributed by atoms with E-state index < -0.39 is 11.6 Å². The number of nitrogens with one attached hydrogen (secondary N) is 1. The van der Waals surface area contributed by atoms with E-state index in [0.29, 0.717) is 6.54 Å². The normalized spacial score (nSPS) is 21.3. The summed E-state index contributed by atoms with van der Waals surface area (Å²) in [4.78, 5) is 13.4. The molecule has 0 heterocycles. The molecule has 2 atom stereocenters. The van der Waals surface area contributed by atoms with Crippen LogP contribution in [0.25, 0.3) is 0 Å². The van der Waals surface area contributed by atoms with Crippen molar-refractivity contribution in [1.82, 2.24) is 10.2 Å². The summed E-state index contributed by atoms with van der Waals surface area (Å²) in [6.07, 6.45) is 2.28. The molecule has 1 aromatic carbocycles. The maximum absolute atomic E-state index is 13.4. The Morgan fingerprint density at radius 3 is 2.86 bits per heavy atom. The molecule has 0 bridgehead atoms. The summed E-state index contributed by atoms with van der Waals surface area (Å²) in [5.41, 5.74) is 0.109. The molecule has 1 fully saturated rings. The quantitative estimate of drug-likeness (QED) is 0.896.